The van der Waals surface area contributed by atoms with Crippen molar-refractivity contribution in [3.05, 3.63) is 34.9 Å². The van der Waals surface area contributed by atoms with Crippen LogP contribution in [0, 0.1) is 0 Å². The number of unbranched alkanes of at least 4 members (excludes halogenated alkanes) is 1. The Labute approximate surface area is 143 Å². The average molecular weight is 337 g/mol. The van der Waals surface area contributed by atoms with Gasteiger partial charge in [-0.15, -0.1) is 0 Å². The zero-order valence-corrected chi connectivity index (χ0v) is 14.5. The third-order valence-corrected chi connectivity index (χ3v) is 4.42. The third-order valence-electron chi connectivity index (χ3n) is 4.19. The normalized spacial score (nSPS) is 15.4. The number of benzene rings is 1. The lowest BCUT2D eigenvalue weighted by atomic mass is 10.1. The molecule has 0 atom stereocenters. The molecule has 1 aromatic carbocycles. The van der Waals surface area contributed by atoms with Gasteiger partial charge >= 0.3 is 0 Å². The fourth-order valence-corrected chi connectivity index (χ4v) is 3.05. The van der Waals surface area contributed by atoms with Crippen LogP contribution in [0.5, 0.6) is 0 Å². The Hall–Kier alpha value is -1.55. The molecule has 2 rings (SSSR count). The second kappa shape index (κ2) is 8.92. The van der Waals surface area contributed by atoms with Gasteiger partial charge in [-0.25, -0.2) is 0 Å². The molecule has 0 aromatic heterocycles. The molecule has 1 aliphatic rings. The van der Waals surface area contributed by atoms with Gasteiger partial charge in [-0.1, -0.05) is 37.1 Å². The van der Waals surface area contributed by atoms with Crippen molar-refractivity contribution in [2.75, 3.05) is 26.2 Å². The molecule has 23 heavy (non-hydrogen) atoms. The molecule has 0 N–H and O–H groups in total. The van der Waals surface area contributed by atoms with Crippen LogP contribution in [0.3, 0.4) is 0 Å². The van der Waals surface area contributed by atoms with Crippen molar-refractivity contribution in [1.82, 2.24) is 9.80 Å². The van der Waals surface area contributed by atoms with E-state index in [0.717, 1.165) is 37.9 Å². The summed E-state index contributed by atoms with van der Waals surface area (Å²) in [5, 5.41) is 0.652. The topological polar surface area (TPSA) is 40.6 Å². The molecule has 0 spiro atoms. The average Bonchev–Trinajstić information content (AvgIpc) is 2.78. The largest absolute Gasteiger partial charge is 0.341 e. The van der Waals surface area contributed by atoms with E-state index in [-0.39, 0.29) is 11.8 Å². The molecular weight excluding hydrogens is 312 g/mol. The van der Waals surface area contributed by atoms with Gasteiger partial charge in [-0.3, -0.25) is 9.59 Å². The maximum atomic E-state index is 12.5. The minimum atomic E-state index is 0.107. The lowest BCUT2D eigenvalue weighted by Gasteiger charge is -2.22. The predicted molar refractivity (Wildman–Crippen MR) is 92.5 cm³/mol. The van der Waals surface area contributed by atoms with Gasteiger partial charge in [0.25, 0.3) is 0 Å². The van der Waals surface area contributed by atoms with E-state index in [2.05, 4.69) is 6.92 Å². The summed E-state index contributed by atoms with van der Waals surface area (Å²) in [5.74, 6) is 0.325. The number of hydrogen-bond acceptors (Lipinski definition) is 2. The molecule has 2 amide bonds. The second-order valence-electron chi connectivity index (χ2n) is 6.03. The summed E-state index contributed by atoms with van der Waals surface area (Å²) in [6.45, 7) is 4.83. The Morgan fingerprint density at radius 2 is 1.78 bits per heavy atom. The highest BCUT2D eigenvalue weighted by molar-refractivity contribution is 6.30. The number of nitrogens with zero attached hydrogens (tertiary/aromatic N) is 2. The maximum Gasteiger partial charge on any atom is 0.227 e. The van der Waals surface area contributed by atoms with Crippen LogP contribution < -0.4 is 0 Å². The van der Waals surface area contributed by atoms with Crippen molar-refractivity contribution >= 4 is 23.4 Å². The summed E-state index contributed by atoms with van der Waals surface area (Å²) in [4.78, 5) is 28.4. The van der Waals surface area contributed by atoms with Gasteiger partial charge < -0.3 is 9.80 Å². The molecular formula is C18H25ClN2O2. The molecule has 0 aliphatic carbocycles. The minimum Gasteiger partial charge on any atom is -0.341 e. The standard InChI is InChI=1S/C18H25ClN2O2/c1-2-3-8-17(22)20-9-5-10-21(12-11-20)18(23)14-15-6-4-7-16(19)13-15/h4,6-7,13H,2-3,5,8-12,14H2,1H3. The van der Waals surface area contributed by atoms with Crippen LogP contribution in [-0.2, 0) is 16.0 Å². The first-order chi connectivity index (χ1) is 11.1. The van der Waals surface area contributed by atoms with Gasteiger partial charge in [0.1, 0.15) is 0 Å². The highest BCUT2D eigenvalue weighted by atomic mass is 35.5. The number of carbonyl (C=O) groups is 2. The van der Waals surface area contributed by atoms with E-state index in [1.165, 1.54) is 0 Å². The van der Waals surface area contributed by atoms with Crippen LogP contribution in [0.4, 0.5) is 0 Å². The lowest BCUT2D eigenvalue weighted by Crippen LogP contribution is -2.37. The Bertz CT molecular complexity index is 548. The van der Waals surface area contributed by atoms with Crippen molar-refractivity contribution in [3.63, 3.8) is 0 Å². The summed E-state index contributed by atoms with van der Waals surface area (Å²) in [5.41, 5.74) is 0.933. The first kappa shape index (κ1) is 17.8. The monoisotopic (exact) mass is 336 g/mol. The van der Waals surface area contributed by atoms with Gasteiger partial charge in [0.15, 0.2) is 0 Å². The van der Waals surface area contributed by atoms with E-state index in [0.29, 0.717) is 31.0 Å². The van der Waals surface area contributed by atoms with Gasteiger partial charge in [-0.2, -0.15) is 0 Å². The smallest absolute Gasteiger partial charge is 0.227 e. The molecule has 1 aliphatic heterocycles. The van der Waals surface area contributed by atoms with Crippen molar-refractivity contribution in [2.24, 2.45) is 0 Å². The first-order valence-electron chi connectivity index (χ1n) is 8.40. The van der Waals surface area contributed by atoms with E-state index in [9.17, 15) is 9.59 Å². The maximum absolute atomic E-state index is 12.5. The van der Waals surface area contributed by atoms with E-state index in [4.69, 9.17) is 11.6 Å². The van der Waals surface area contributed by atoms with Crippen molar-refractivity contribution in [1.29, 1.82) is 0 Å². The van der Waals surface area contributed by atoms with E-state index >= 15 is 0 Å². The quantitative estimate of drug-likeness (QED) is 0.828. The highest BCUT2D eigenvalue weighted by Crippen LogP contribution is 2.13. The van der Waals surface area contributed by atoms with E-state index in [1.807, 2.05) is 28.0 Å². The Kier molecular flexibility index (Phi) is 6.90. The van der Waals surface area contributed by atoms with Gasteiger partial charge in [-0.05, 0) is 30.5 Å². The third kappa shape index (κ3) is 5.54. The number of carbonyl (C=O) groups excluding carboxylic acids is 2. The lowest BCUT2D eigenvalue weighted by molar-refractivity contribution is -0.133. The molecule has 0 bridgehead atoms. The van der Waals surface area contributed by atoms with Gasteiger partial charge in [0.05, 0.1) is 6.42 Å². The minimum absolute atomic E-state index is 0.107. The fraction of sp³-hybridized carbons (Fsp3) is 0.556. The van der Waals surface area contributed by atoms with Crippen LogP contribution in [0.15, 0.2) is 24.3 Å². The second-order valence-corrected chi connectivity index (χ2v) is 6.46. The summed E-state index contributed by atoms with van der Waals surface area (Å²) < 4.78 is 0. The molecule has 5 heteroatoms. The van der Waals surface area contributed by atoms with Crippen molar-refractivity contribution in [2.45, 2.75) is 39.0 Å². The summed E-state index contributed by atoms with van der Waals surface area (Å²) in [7, 11) is 0. The summed E-state index contributed by atoms with van der Waals surface area (Å²) >= 11 is 5.97. The van der Waals surface area contributed by atoms with E-state index in [1.54, 1.807) is 6.07 Å². The predicted octanol–water partition coefficient (Wildman–Crippen LogP) is 3.13. The van der Waals surface area contributed by atoms with E-state index < -0.39 is 0 Å². The SMILES string of the molecule is CCCCC(=O)N1CCCN(C(=O)Cc2cccc(Cl)c2)CC1. The molecule has 126 valence electrons. The number of rotatable bonds is 5. The fourth-order valence-electron chi connectivity index (χ4n) is 2.84. The first-order valence-corrected chi connectivity index (χ1v) is 8.78. The zero-order chi connectivity index (χ0) is 16.7. The van der Waals surface area contributed by atoms with Crippen LogP contribution in [-0.4, -0.2) is 47.8 Å². The number of hydrogen-bond donors (Lipinski definition) is 0. The van der Waals surface area contributed by atoms with Crippen LogP contribution in [0.25, 0.3) is 0 Å². The number of amides is 2. The molecule has 4 nitrogen and oxygen atoms in total. The van der Waals surface area contributed by atoms with Crippen molar-refractivity contribution in [3.8, 4) is 0 Å². The highest BCUT2D eigenvalue weighted by Gasteiger charge is 2.21. The van der Waals surface area contributed by atoms with Gasteiger partial charge in [0, 0.05) is 37.6 Å². The molecule has 0 unspecified atom stereocenters. The molecule has 1 heterocycles. The molecule has 1 fully saturated rings. The molecule has 1 saturated heterocycles. The number of halogens is 1. The molecule has 1 aromatic rings. The molecule has 0 radical (unpaired) electrons. The van der Waals surface area contributed by atoms with Crippen LogP contribution >= 0.6 is 11.6 Å². The Balaban J connectivity index is 1.87. The van der Waals surface area contributed by atoms with Crippen molar-refractivity contribution < 1.29 is 9.59 Å². The summed E-state index contributed by atoms with van der Waals surface area (Å²) in [6.07, 6.45) is 3.80. The molecule has 0 saturated carbocycles. The zero-order valence-electron chi connectivity index (χ0n) is 13.8. The van der Waals surface area contributed by atoms with Crippen LogP contribution in [0.2, 0.25) is 5.02 Å². The Morgan fingerprint density at radius 1 is 1.09 bits per heavy atom. The summed E-state index contributed by atoms with van der Waals surface area (Å²) in [6, 6.07) is 7.42. The Morgan fingerprint density at radius 3 is 2.43 bits per heavy atom. The van der Waals surface area contributed by atoms with Gasteiger partial charge in [0.2, 0.25) is 11.8 Å². The van der Waals surface area contributed by atoms with Crippen LogP contribution in [0.1, 0.15) is 38.2 Å².